The molecule has 1 aliphatic carbocycles. The van der Waals surface area contributed by atoms with Gasteiger partial charge >= 0.3 is 0 Å². The summed E-state index contributed by atoms with van der Waals surface area (Å²) < 4.78 is 4.02. The van der Waals surface area contributed by atoms with Gasteiger partial charge in [-0.1, -0.05) is 69.0 Å². The van der Waals surface area contributed by atoms with Crippen LogP contribution in [0.5, 0.6) is 0 Å². The van der Waals surface area contributed by atoms with Gasteiger partial charge in [0.05, 0.1) is 0 Å². The molecule has 0 amide bonds. The Labute approximate surface area is 110 Å². The maximum atomic E-state index is 4.02. The van der Waals surface area contributed by atoms with Gasteiger partial charge in [0.1, 0.15) is 16.5 Å². The third-order valence-electron chi connectivity index (χ3n) is 3.27. The molecule has 0 saturated carbocycles. The molecule has 0 bridgehead atoms. The van der Waals surface area contributed by atoms with E-state index >= 15 is 0 Å². The van der Waals surface area contributed by atoms with E-state index in [0.717, 1.165) is 0 Å². The minimum atomic E-state index is -1.39. The van der Waals surface area contributed by atoms with E-state index in [0.29, 0.717) is 0 Å². The summed E-state index contributed by atoms with van der Waals surface area (Å²) in [6.07, 6.45) is 9.86. The highest BCUT2D eigenvalue weighted by Gasteiger charge is 2.33. The lowest BCUT2D eigenvalue weighted by Crippen LogP contribution is -2.58. The number of nitrogens with one attached hydrogen (secondary N) is 1. The predicted octanol–water partition coefficient (Wildman–Crippen LogP) is 4.60. The quantitative estimate of drug-likeness (QED) is 0.693. The molecule has 17 heavy (non-hydrogen) atoms. The molecule has 0 aromatic rings. The Kier molecular flexibility index (Phi) is 4.99. The molecule has 98 valence electrons. The molecule has 0 aliphatic heterocycles. The van der Waals surface area contributed by atoms with Gasteiger partial charge in [0.25, 0.3) is 0 Å². The van der Waals surface area contributed by atoms with Crippen LogP contribution < -0.4 is 4.65 Å². The van der Waals surface area contributed by atoms with E-state index in [1.54, 1.807) is 10.8 Å². The van der Waals surface area contributed by atoms with Gasteiger partial charge in [-0.05, 0) is 19.3 Å². The molecular formula is C14H29NSi2. The van der Waals surface area contributed by atoms with E-state index in [1.807, 2.05) is 0 Å². The van der Waals surface area contributed by atoms with Crippen molar-refractivity contribution in [2.24, 2.45) is 0 Å². The first-order chi connectivity index (χ1) is 7.76. The van der Waals surface area contributed by atoms with Crippen LogP contribution in [-0.4, -0.2) is 16.5 Å². The van der Waals surface area contributed by atoms with Crippen LogP contribution in [0.2, 0.25) is 32.7 Å². The summed E-state index contributed by atoms with van der Waals surface area (Å²) in [4.78, 5) is 0. The Morgan fingerprint density at radius 3 is 2.35 bits per heavy atom. The molecule has 0 unspecified atom stereocenters. The lowest BCUT2D eigenvalue weighted by atomic mass is 10.1. The van der Waals surface area contributed by atoms with Crippen molar-refractivity contribution >= 4 is 16.5 Å². The molecule has 1 nitrogen and oxygen atoms in total. The summed E-state index contributed by atoms with van der Waals surface area (Å²) >= 11 is 0. The maximum Gasteiger partial charge on any atom is 0.141 e. The van der Waals surface area contributed by atoms with Crippen molar-refractivity contribution in [1.82, 2.24) is 4.65 Å². The lowest BCUT2D eigenvalue weighted by molar-refractivity contribution is 0.796. The van der Waals surface area contributed by atoms with Crippen LogP contribution >= 0.6 is 0 Å². The van der Waals surface area contributed by atoms with Crippen LogP contribution in [0, 0.1) is 0 Å². The van der Waals surface area contributed by atoms with Crippen molar-refractivity contribution in [3.63, 3.8) is 0 Å². The molecule has 0 spiro atoms. The highest BCUT2D eigenvalue weighted by Crippen LogP contribution is 2.30. The molecule has 0 radical (unpaired) electrons. The van der Waals surface area contributed by atoms with Gasteiger partial charge in [0, 0.05) is 0 Å². The fraction of sp³-hybridized carbons (Fsp3) is 0.714. The van der Waals surface area contributed by atoms with Gasteiger partial charge in [-0.25, -0.2) is 0 Å². The fourth-order valence-electron chi connectivity index (χ4n) is 2.82. The molecule has 0 atom stereocenters. The first-order valence-electron chi connectivity index (χ1n) is 6.94. The van der Waals surface area contributed by atoms with Gasteiger partial charge in [0.15, 0.2) is 0 Å². The average Bonchev–Trinajstić information content (AvgIpc) is 2.59. The number of hydrogen-bond donors (Lipinski definition) is 1. The summed E-state index contributed by atoms with van der Waals surface area (Å²) in [7, 11) is -2.56. The molecule has 0 aromatic heterocycles. The molecule has 3 heteroatoms. The SMILES string of the molecule is CCCCC1=C([Si](C)(C)N[Si](C)(C)C)CC=C1. The van der Waals surface area contributed by atoms with Gasteiger partial charge < -0.3 is 4.65 Å². The highest BCUT2D eigenvalue weighted by molar-refractivity contribution is 6.94. The molecule has 1 N–H and O–H groups in total. The second-order valence-corrected chi connectivity index (χ2v) is 16.1. The van der Waals surface area contributed by atoms with Crippen LogP contribution in [0.25, 0.3) is 0 Å². The van der Waals surface area contributed by atoms with Crippen LogP contribution in [0.1, 0.15) is 32.6 Å². The number of allylic oxidation sites excluding steroid dienone is 4. The zero-order valence-electron chi connectivity index (χ0n) is 12.5. The maximum absolute atomic E-state index is 4.02. The molecule has 1 rings (SSSR count). The average molecular weight is 268 g/mol. The van der Waals surface area contributed by atoms with Crippen molar-refractivity contribution in [1.29, 1.82) is 0 Å². The number of hydrogen-bond acceptors (Lipinski definition) is 1. The monoisotopic (exact) mass is 267 g/mol. The van der Waals surface area contributed by atoms with Crippen molar-refractivity contribution in [2.75, 3.05) is 0 Å². The summed E-state index contributed by atoms with van der Waals surface area (Å²) in [5.41, 5.74) is 1.65. The number of unbranched alkanes of at least 4 members (excludes halogenated alkanes) is 1. The minimum Gasteiger partial charge on any atom is -0.356 e. The fourth-order valence-corrected chi connectivity index (χ4v) is 12.6. The molecule has 0 fully saturated rings. The lowest BCUT2D eigenvalue weighted by Gasteiger charge is -2.34. The second kappa shape index (κ2) is 5.68. The third kappa shape index (κ3) is 4.56. The highest BCUT2D eigenvalue weighted by atomic mass is 28.4. The molecule has 0 aromatic carbocycles. The largest absolute Gasteiger partial charge is 0.356 e. The van der Waals surface area contributed by atoms with E-state index in [2.05, 4.69) is 56.5 Å². The summed E-state index contributed by atoms with van der Waals surface area (Å²) in [5, 5.41) is 1.76. The molecule has 0 saturated heterocycles. The Bertz CT molecular complexity index is 322. The van der Waals surface area contributed by atoms with Crippen molar-refractivity contribution < 1.29 is 0 Å². The Balaban J connectivity index is 2.82. The Morgan fingerprint density at radius 2 is 1.82 bits per heavy atom. The van der Waals surface area contributed by atoms with Crippen molar-refractivity contribution in [3.05, 3.63) is 22.9 Å². The van der Waals surface area contributed by atoms with E-state index in [1.165, 1.54) is 25.7 Å². The minimum absolute atomic E-state index is 1.17. The van der Waals surface area contributed by atoms with E-state index in [4.69, 9.17) is 0 Å². The molecule has 0 heterocycles. The molecular weight excluding hydrogens is 238 g/mol. The Morgan fingerprint density at radius 1 is 1.18 bits per heavy atom. The second-order valence-electron chi connectivity index (χ2n) is 6.71. The zero-order valence-corrected chi connectivity index (χ0v) is 14.5. The van der Waals surface area contributed by atoms with Gasteiger partial charge in [-0.15, -0.1) is 0 Å². The van der Waals surface area contributed by atoms with E-state index in [9.17, 15) is 0 Å². The predicted molar refractivity (Wildman–Crippen MR) is 84.3 cm³/mol. The summed E-state index contributed by atoms with van der Waals surface area (Å²) in [6, 6.07) is 0. The van der Waals surface area contributed by atoms with E-state index < -0.39 is 16.5 Å². The third-order valence-corrected chi connectivity index (χ3v) is 10.8. The summed E-state index contributed by atoms with van der Waals surface area (Å²) in [5.74, 6) is 0. The topological polar surface area (TPSA) is 12.0 Å². The first-order valence-corrected chi connectivity index (χ1v) is 13.4. The number of rotatable bonds is 6. The van der Waals surface area contributed by atoms with Gasteiger partial charge in [0.2, 0.25) is 0 Å². The van der Waals surface area contributed by atoms with Crippen LogP contribution in [0.3, 0.4) is 0 Å². The van der Waals surface area contributed by atoms with Gasteiger partial charge in [-0.3, -0.25) is 0 Å². The molecule has 1 aliphatic rings. The smallest absolute Gasteiger partial charge is 0.141 e. The van der Waals surface area contributed by atoms with Crippen molar-refractivity contribution in [3.8, 4) is 0 Å². The normalized spacial score (nSPS) is 17.1. The Hall–Kier alpha value is -0.126. The summed E-state index contributed by atoms with van der Waals surface area (Å²) in [6.45, 7) is 14.5. The van der Waals surface area contributed by atoms with Gasteiger partial charge in [-0.2, -0.15) is 0 Å². The van der Waals surface area contributed by atoms with Crippen LogP contribution in [0.15, 0.2) is 22.9 Å². The zero-order chi connectivity index (χ0) is 13.1. The standard InChI is InChI=1S/C14H29NSi2/c1-7-8-10-13-11-9-12-14(13)17(5,6)15-16(2,3)4/h9,11,15H,7-8,10,12H2,1-6H3. The van der Waals surface area contributed by atoms with Crippen LogP contribution in [-0.2, 0) is 0 Å². The van der Waals surface area contributed by atoms with Crippen LogP contribution in [0.4, 0.5) is 0 Å². The van der Waals surface area contributed by atoms with E-state index in [-0.39, 0.29) is 0 Å². The van der Waals surface area contributed by atoms with Crippen molar-refractivity contribution in [2.45, 2.75) is 65.3 Å². The first kappa shape index (κ1) is 14.9.